The molecule has 4 fully saturated rings. The van der Waals surface area contributed by atoms with E-state index in [2.05, 4.69) is 89.1 Å². The molecule has 2 aromatic heterocycles. The molecule has 0 aliphatic carbocycles. The fraction of sp³-hybridized carbons (Fsp3) is 0.647. The molecule has 22 N–H and O–H groups in total. The number of hydrogen-bond acceptors (Lipinski definition) is 26. The molecule has 6 rings (SSSR count). The number of carbonyl (C=O) groups excluding carboxylic acids is 16. The lowest BCUT2D eigenvalue weighted by molar-refractivity contribution is -0.144. The van der Waals surface area contributed by atoms with Crippen molar-refractivity contribution in [2.24, 2.45) is 29.2 Å². The molecule has 0 saturated carbocycles. The zero-order chi connectivity index (χ0) is 84.2. The monoisotopic (exact) mass is 1680 g/mol. The van der Waals surface area contributed by atoms with Gasteiger partial charge in [0.15, 0.2) is 0 Å². The van der Waals surface area contributed by atoms with E-state index in [4.69, 9.17) is 11.5 Å². The van der Waals surface area contributed by atoms with Gasteiger partial charge in [-0.3, -0.25) is 86.3 Å². The molecular formula is C68H103N21O21S4. The van der Waals surface area contributed by atoms with Crippen LogP contribution in [0.4, 0.5) is 0 Å². The first kappa shape index (κ1) is 93.1. The van der Waals surface area contributed by atoms with Gasteiger partial charge in [-0.05, 0) is 56.8 Å². The number of aromatic amines is 2. The molecular weight excluding hydrogens is 1580 g/mol. The zero-order valence-electron chi connectivity index (χ0n) is 63.9. The summed E-state index contributed by atoms with van der Waals surface area (Å²) in [7, 11) is 3.31. The quantitative estimate of drug-likeness (QED) is 0.0617. The molecule has 16 amide bonds. The summed E-state index contributed by atoms with van der Waals surface area (Å²) < 4.78 is 0. The van der Waals surface area contributed by atoms with E-state index in [-0.39, 0.29) is 70.2 Å². The fourth-order valence-corrected chi connectivity index (χ4v) is 17.1. The van der Waals surface area contributed by atoms with Crippen LogP contribution in [0.25, 0.3) is 0 Å². The number of carboxylic acid groups (broad SMARTS) is 2. The number of aliphatic hydroxyl groups is 1. The average molecular weight is 1680 g/mol. The number of hydrogen-bond donors (Lipinski definition) is 20. The third kappa shape index (κ3) is 27.5. The zero-order valence-corrected chi connectivity index (χ0v) is 67.2. The Morgan fingerprint density at radius 3 is 1.44 bits per heavy atom. The number of nitrogens with two attached hydrogens (primary N) is 2. The van der Waals surface area contributed by atoms with Crippen LogP contribution >= 0.6 is 43.2 Å². The summed E-state index contributed by atoms with van der Waals surface area (Å²) in [5.74, 6) is -23.4. The molecule has 4 aliphatic heterocycles. The van der Waals surface area contributed by atoms with Crippen molar-refractivity contribution in [3.05, 3.63) is 36.4 Å². The second-order valence-corrected chi connectivity index (χ2v) is 33.3. The van der Waals surface area contributed by atoms with Gasteiger partial charge >= 0.3 is 11.9 Å². The Kier molecular flexibility index (Phi) is 37.0. The number of fused-ring (bicyclic) bond motifs is 10. The van der Waals surface area contributed by atoms with E-state index in [9.17, 15) is 102 Å². The van der Waals surface area contributed by atoms with E-state index in [0.717, 1.165) is 48.1 Å². The van der Waals surface area contributed by atoms with Crippen molar-refractivity contribution in [2.75, 3.05) is 49.3 Å². The minimum Gasteiger partial charge on any atom is -0.481 e. The molecule has 0 spiro atoms. The van der Waals surface area contributed by atoms with Gasteiger partial charge in [0.1, 0.15) is 90.6 Å². The van der Waals surface area contributed by atoms with Gasteiger partial charge in [0.05, 0.1) is 32.2 Å². The van der Waals surface area contributed by atoms with Gasteiger partial charge in [-0.25, -0.2) is 9.97 Å². The Balaban J connectivity index is 1.47. The number of nitrogens with zero attached hydrogens (tertiary/aromatic N) is 4. The van der Waals surface area contributed by atoms with Crippen LogP contribution in [0, 0.1) is 17.8 Å². The third-order valence-corrected chi connectivity index (χ3v) is 24.3. The minimum absolute atomic E-state index is 0.0378. The fourth-order valence-electron chi connectivity index (χ4n) is 12.5. The summed E-state index contributed by atoms with van der Waals surface area (Å²) in [5, 5.41) is 63.6. The van der Waals surface area contributed by atoms with Crippen LogP contribution < -0.4 is 80.6 Å². The first-order valence-corrected chi connectivity index (χ1v) is 42.1. The second kappa shape index (κ2) is 45.3. The maximum Gasteiger partial charge on any atom is 0.305 e. The van der Waals surface area contributed by atoms with Crippen LogP contribution in [-0.2, 0) is 99.1 Å². The number of rotatable bonds is 18. The molecule has 17 atom stereocenters. The molecule has 42 nitrogen and oxygen atoms in total. The molecule has 2 aromatic rings. The SMILES string of the molecule is CC[C@H](C)[C@@H]1NC(=O)[C@H](CCC(=O)O)NC(=O)[C@@H]2CCCN2C(=O)[C@H](Cc2cnc[nH]2)NC(=O)[C@H](CC(=O)O)NC(=O)[C@H](C(C)C)NC(=O)[C@H]([C@@H](C)CC)NC(=O)[C@@H]2CSSC[C@H](NC(=O)CN)C(=O)N[C@@H](CSSC[C@@H](C(N)=O)NC1=O)C(=O)N[C@@H](CO)C(=O)N[C@@H](Cc1cnc[nH]1)C(=O)N1CCC[C@H]1C(=O)N[C@@H](C)C(=O)N2. The van der Waals surface area contributed by atoms with Gasteiger partial charge in [-0.15, -0.1) is 0 Å². The molecule has 2 bridgehead atoms. The minimum atomic E-state index is -1.99. The highest BCUT2D eigenvalue weighted by Gasteiger charge is 2.45. The Morgan fingerprint density at radius 2 is 0.956 bits per heavy atom. The lowest BCUT2D eigenvalue weighted by atomic mass is 9.96. The van der Waals surface area contributed by atoms with Gasteiger partial charge in [0, 0.05) is 79.1 Å². The van der Waals surface area contributed by atoms with Crippen molar-refractivity contribution < 1.29 is 102 Å². The lowest BCUT2D eigenvalue weighted by Gasteiger charge is -2.32. The highest BCUT2D eigenvalue weighted by Crippen LogP contribution is 2.28. The summed E-state index contributed by atoms with van der Waals surface area (Å²) in [5.41, 5.74) is 12.1. The Hall–Kier alpha value is -9.80. The van der Waals surface area contributed by atoms with E-state index < -0.39 is 270 Å². The van der Waals surface area contributed by atoms with Crippen molar-refractivity contribution in [3.8, 4) is 0 Å². The number of aliphatic carboxylic acids is 2. The predicted octanol–water partition coefficient (Wildman–Crippen LogP) is -6.46. The molecule has 6 heterocycles. The number of amides is 16. The van der Waals surface area contributed by atoms with Crippen molar-refractivity contribution in [1.29, 1.82) is 0 Å². The Morgan fingerprint density at radius 1 is 0.518 bits per heavy atom. The average Bonchev–Trinajstić information content (AvgIpc) is 1.65. The summed E-state index contributed by atoms with van der Waals surface area (Å²) in [6.45, 7) is 8.78. The van der Waals surface area contributed by atoms with E-state index in [1.807, 2.05) is 0 Å². The molecule has 46 heteroatoms. The summed E-state index contributed by atoms with van der Waals surface area (Å²) in [6.07, 6.45) is 2.96. The van der Waals surface area contributed by atoms with Crippen molar-refractivity contribution in [3.63, 3.8) is 0 Å². The topological polar surface area (TPSA) is 640 Å². The van der Waals surface area contributed by atoms with Gasteiger partial charge in [-0.2, -0.15) is 0 Å². The number of nitrogens with one attached hydrogen (secondary N) is 15. The second-order valence-electron chi connectivity index (χ2n) is 28.2. The van der Waals surface area contributed by atoms with E-state index in [1.54, 1.807) is 27.7 Å². The maximum absolute atomic E-state index is 14.9. The van der Waals surface area contributed by atoms with E-state index in [0.29, 0.717) is 5.69 Å². The van der Waals surface area contributed by atoms with Gasteiger partial charge in [-0.1, -0.05) is 97.6 Å². The maximum atomic E-state index is 14.9. The van der Waals surface area contributed by atoms with Crippen LogP contribution in [0.2, 0.25) is 0 Å². The van der Waals surface area contributed by atoms with Crippen molar-refractivity contribution in [1.82, 2.24) is 98.9 Å². The van der Waals surface area contributed by atoms with Crippen LogP contribution in [0.3, 0.4) is 0 Å². The van der Waals surface area contributed by atoms with Gasteiger partial charge in [0.25, 0.3) is 0 Å². The van der Waals surface area contributed by atoms with Crippen LogP contribution in [0.15, 0.2) is 25.0 Å². The molecule has 0 aromatic carbocycles. The first-order chi connectivity index (χ1) is 54.1. The standard InChI is InChI=1S/C68H103N21O21S4/c1-8-32(5)52-65(107)82-42(54(70)96)25-111-113-27-44-60(102)81-41(24-90)58(100)80-40(19-36-23-72-30-74-36)68(110)88-16-10-12-46(88)62(104)75-34(7)55(97)83-45(28-114-112-26-43(59(101)84-44)76-48(91)21-69)61(103)87-53(33(6)9-2)66(108)85-51(31(3)4)64(106)78-38(20-50(94)95)57(99)79-39(18-35-22-71-29-73-35)67(109)89-17-11-13-47(89)63(105)77-37(56(98)86-52)14-15-49(92)93/h22-23,29-34,37-47,51-53,90H,8-21,24-28,69H2,1-7H3,(H2,70,96)(H,71,73)(H,72,74)(H,75,104)(H,76,91)(H,77,105)(H,78,106)(H,79,99)(H,80,100)(H,81,102)(H,82,107)(H,83,97)(H,84,101)(H,85,108)(H,86,98)(H,87,103)(H,92,93)(H,94,95)/t32-,33-,34-,37-,38-,39-,40-,41-,42-,43-,44-,45-,46-,47-,51-,52-,53-/m0/s1. The van der Waals surface area contributed by atoms with Crippen LogP contribution in [-0.4, -0.2) is 291 Å². The van der Waals surface area contributed by atoms with Crippen LogP contribution in [0.1, 0.15) is 118 Å². The van der Waals surface area contributed by atoms with E-state index in [1.165, 1.54) is 50.7 Å². The number of imidazole rings is 2. The number of carbonyl (C=O) groups is 18. The Bertz CT molecular complexity index is 3770. The van der Waals surface area contributed by atoms with E-state index >= 15 is 0 Å². The van der Waals surface area contributed by atoms with Crippen molar-refractivity contribution in [2.45, 2.75) is 210 Å². The smallest absolute Gasteiger partial charge is 0.305 e. The Labute approximate surface area is 671 Å². The normalized spacial score (nSPS) is 28.2. The molecule has 4 saturated heterocycles. The molecule has 630 valence electrons. The molecule has 4 aliphatic rings. The lowest BCUT2D eigenvalue weighted by Crippen LogP contribution is -2.62. The van der Waals surface area contributed by atoms with Gasteiger partial charge < -0.3 is 116 Å². The number of H-pyrrole nitrogens is 2. The highest BCUT2D eigenvalue weighted by atomic mass is 33.1. The third-order valence-electron chi connectivity index (χ3n) is 19.4. The predicted molar refractivity (Wildman–Crippen MR) is 413 cm³/mol. The van der Waals surface area contributed by atoms with Crippen LogP contribution in [0.5, 0.6) is 0 Å². The van der Waals surface area contributed by atoms with Gasteiger partial charge in [0.2, 0.25) is 94.5 Å². The number of aliphatic hydroxyl groups excluding tert-OH is 1. The summed E-state index contributed by atoms with van der Waals surface area (Å²) in [6, 6.07) is -24.2. The first-order valence-electron chi connectivity index (χ1n) is 37.1. The van der Waals surface area contributed by atoms with Crippen molar-refractivity contribution >= 4 is 150 Å². The molecule has 0 unspecified atom stereocenters. The summed E-state index contributed by atoms with van der Waals surface area (Å²) >= 11 is 0. The number of aromatic nitrogens is 4. The highest BCUT2D eigenvalue weighted by molar-refractivity contribution is 8.77. The summed E-state index contributed by atoms with van der Waals surface area (Å²) in [4.78, 5) is 271. The number of carboxylic acids is 2. The largest absolute Gasteiger partial charge is 0.481 e. The number of primary amides is 1. The molecule has 114 heavy (non-hydrogen) atoms. The molecule has 0 radical (unpaired) electrons.